The van der Waals surface area contributed by atoms with Crippen LogP contribution in [-0.2, 0) is 33.4 Å². The molecule has 2 fully saturated rings. The second-order valence-electron chi connectivity index (χ2n) is 7.51. The largest absolute Gasteiger partial charge is 0.458 e. The molecule has 5 atom stereocenters. The molecule has 1 saturated heterocycles. The third-order valence-electron chi connectivity index (χ3n) is 5.37. The average Bonchev–Trinajstić information content (AvgIpc) is 2.90. The number of Topliss-reactive ketones (excluding diaryl/α,β-unsaturated/α-hetero) is 1. The van der Waals surface area contributed by atoms with Gasteiger partial charge in [-0.05, 0) is 26.3 Å². The average molecular weight is 390 g/mol. The van der Waals surface area contributed by atoms with Gasteiger partial charge in [0.15, 0.2) is 0 Å². The van der Waals surface area contributed by atoms with Gasteiger partial charge in [0.1, 0.15) is 18.0 Å². The molecule has 0 aromatic heterocycles. The van der Waals surface area contributed by atoms with Crippen LogP contribution in [0.1, 0.15) is 40.5 Å². The van der Waals surface area contributed by atoms with Gasteiger partial charge in [-0.3, -0.25) is 9.59 Å². The van der Waals surface area contributed by atoms with Crippen LogP contribution in [0.15, 0.2) is 36.6 Å². The van der Waals surface area contributed by atoms with Gasteiger partial charge in [0.25, 0.3) is 0 Å². The molecule has 0 aromatic carbocycles. The lowest BCUT2D eigenvalue weighted by molar-refractivity contribution is -0.161. The molecule has 0 unspecified atom stereocenters. The van der Waals surface area contributed by atoms with Crippen molar-refractivity contribution in [3.05, 3.63) is 36.6 Å². The molecular weight excluding hydrogens is 364 g/mol. The number of rotatable bonds is 4. The Morgan fingerprint density at radius 2 is 1.96 bits per heavy atom. The molecule has 1 aliphatic heterocycles. The minimum atomic E-state index is -0.960. The lowest BCUT2D eigenvalue weighted by Crippen LogP contribution is -2.45. The van der Waals surface area contributed by atoms with Gasteiger partial charge in [0, 0.05) is 30.3 Å². The van der Waals surface area contributed by atoms with E-state index in [1.807, 2.05) is 0 Å². The number of fused-ring (bicyclic) bond motifs is 1. The minimum absolute atomic E-state index is 0.0678. The summed E-state index contributed by atoms with van der Waals surface area (Å²) in [6.45, 7) is 13.8. The number of hydrogen-bond donors (Lipinski definition) is 0. The molecular formula is C21H26O7. The van der Waals surface area contributed by atoms with Gasteiger partial charge < -0.3 is 14.2 Å². The third-order valence-corrected chi connectivity index (χ3v) is 5.37. The Bertz CT molecular complexity index is 763. The molecule has 0 aromatic rings. The van der Waals surface area contributed by atoms with Crippen LogP contribution in [0.3, 0.4) is 0 Å². The van der Waals surface area contributed by atoms with Crippen LogP contribution >= 0.6 is 0 Å². The first-order valence-electron chi connectivity index (χ1n) is 9.17. The van der Waals surface area contributed by atoms with Crippen LogP contribution in [0.25, 0.3) is 0 Å². The van der Waals surface area contributed by atoms with Crippen molar-refractivity contribution in [2.24, 2.45) is 17.3 Å². The molecule has 0 bridgehead atoms. The van der Waals surface area contributed by atoms with Gasteiger partial charge in [0.2, 0.25) is 5.76 Å². The summed E-state index contributed by atoms with van der Waals surface area (Å²) in [5, 5.41) is 0. The quantitative estimate of drug-likeness (QED) is 0.239. The molecule has 1 heterocycles. The Morgan fingerprint density at radius 3 is 2.50 bits per heavy atom. The first-order chi connectivity index (χ1) is 13.0. The second-order valence-corrected chi connectivity index (χ2v) is 7.51. The molecule has 7 nitrogen and oxygen atoms in total. The summed E-state index contributed by atoms with van der Waals surface area (Å²) >= 11 is 0. The molecule has 152 valence electrons. The second kappa shape index (κ2) is 8.12. The fourth-order valence-electron chi connectivity index (χ4n) is 3.84. The molecule has 0 N–H and O–H groups in total. The van der Waals surface area contributed by atoms with Crippen LogP contribution < -0.4 is 0 Å². The summed E-state index contributed by atoms with van der Waals surface area (Å²) in [4.78, 5) is 48.8. The lowest BCUT2D eigenvalue weighted by Gasteiger charge is -2.38. The van der Waals surface area contributed by atoms with Crippen LogP contribution in [0, 0.1) is 17.3 Å². The van der Waals surface area contributed by atoms with Gasteiger partial charge >= 0.3 is 17.9 Å². The zero-order valence-corrected chi connectivity index (χ0v) is 16.7. The number of carbonyl (C=O) groups is 4. The van der Waals surface area contributed by atoms with Gasteiger partial charge in [-0.1, -0.05) is 19.6 Å². The smallest absolute Gasteiger partial charge is 0.374 e. The van der Waals surface area contributed by atoms with Crippen LogP contribution in [0.5, 0.6) is 0 Å². The van der Waals surface area contributed by atoms with E-state index in [0.29, 0.717) is 6.42 Å². The Hall–Kier alpha value is -2.70. The van der Waals surface area contributed by atoms with E-state index in [1.165, 1.54) is 26.0 Å². The van der Waals surface area contributed by atoms with Gasteiger partial charge in [-0.2, -0.15) is 0 Å². The van der Waals surface area contributed by atoms with Crippen molar-refractivity contribution in [3.8, 4) is 0 Å². The maximum atomic E-state index is 12.9. The Balaban J connectivity index is 2.41. The van der Waals surface area contributed by atoms with Crippen molar-refractivity contribution in [2.45, 2.75) is 52.7 Å². The normalized spacial score (nSPS) is 33.3. The predicted molar refractivity (Wildman–Crippen MR) is 99.6 cm³/mol. The van der Waals surface area contributed by atoms with Crippen molar-refractivity contribution in [2.75, 3.05) is 0 Å². The molecule has 2 rings (SSSR count). The molecule has 7 heteroatoms. The zero-order chi connectivity index (χ0) is 21.2. The highest BCUT2D eigenvalue weighted by atomic mass is 16.6. The molecule has 0 radical (unpaired) electrons. The summed E-state index contributed by atoms with van der Waals surface area (Å²) in [6, 6.07) is 0. The first kappa shape index (κ1) is 21.6. The standard InChI is InChI=1S/C21H26O7/c1-7-14(26-13(5)22)20(25)28-16-10-21(6,8-2)18(23)11(3)9-15-17(16)12(4)19(24)27-15/h7-8,11,15-17H,2,4,9-10H2,1,3,5-6H3/b14-7-/t11-,15-,16-,17+,21-/m1/s1. The van der Waals surface area contributed by atoms with E-state index < -0.39 is 41.4 Å². The Labute approximate surface area is 164 Å². The van der Waals surface area contributed by atoms with Gasteiger partial charge in [-0.15, -0.1) is 6.58 Å². The van der Waals surface area contributed by atoms with Gasteiger partial charge in [-0.25, -0.2) is 9.59 Å². The molecule has 0 spiro atoms. The summed E-state index contributed by atoms with van der Waals surface area (Å²) in [5.74, 6) is -3.38. The van der Waals surface area contributed by atoms with E-state index in [4.69, 9.17) is 14.2 Å². The Morgan fingerprint density at radius 1 is 1.32 bits per heavy atom. The number of esters is 3. The van der Waals surface area contributed by atoms with E-state index >= 15 is 0 Å². The lowest BCUT2D eigenvalue weighted by atomic mass is 9.68. The van der Waals surface area contributed by atoms with Crippen molar-refractivity contribution >= 4 is 23.7 Å². The van der Waals surface area contributed by atoms with E-state index in [1.54, 1.807) is 13.8 Å². The summed E-state index contributed by atoms with van der Waals surface area (Å²) in [6.07, 6.45) is 1.77. The van der Waals surface area contributed by atoms with Gasteiger partial charge in [0.05, 0.1) is 5.92 Å². The van der Waals surface area contributed by atoms with Crippen molar-refractivity contribution in [1.82, 2.24) is 0 Å². The van der Waals surface area contributed by atoms with Crippen molar-refractivity contribution < 1.29 is 33.4 Å². The summed E-state index contributed by atoms with van der Waals surface area (Å²) < 4.78 is 15.9. The number of hydrogen-bond acceptors (Lipinski definition) is 7. The fourth-order valence-corrected chi connectivity index (χ4v) is 3.84. The van der Waals surface area contributed by atoms with E-state index in [9.17, 15) is 19.2 Å². The third kappa shape index (κ3) is 4.08. The zero-order valence-electron chi connectivity index (χ0n) is 16.7. The molecule has 1 aliphatic carbocycles. The molecule has 2 aliphatic rings. The van der Waals surface area contributed by atoms with E-state index in [-0.39, 0.29) is 29.5 Å². The van der Waals surface area contributed by atoms with E-state index in [2.05, 4.69) is 13.2 Å². The maximum absolute atomic E-state index is 12.9. The van der Waals surface area contributed by atoms with Crippen LogP contribution in [0.2, 0.25) is 0 Å². The summed E-state index contributed by atoms with van der Waals surface area (Å²) in [7, 11) is 0. The van der Waals surface area contributed by atoms with Crippen molar-refractivity contribution in [1.29, 1.82) is 0 Å². The van der Waals surface area contributed by atoms with Crippen LogP contribution in [-0.4, -0.2) is 35.9 Å². The van der Waals surface area contributed by atoms with Crippen LogP contribution in [0.4, 0.5) is 0 Å². The molecule has 0 amide bonds. The topological polar surface area (TPSA) is 96.0 Å². The monoisotopic (exact) mass is 390 g/mol. The first-order valence-corrected chi connectivity index (χ1v) is 9.17. The van der Waals surface area contributed by atoms with Crippen molar-refractivity contribution in [3.63, 3.8) is 0 Å². The maximum Gasteiger partial charge on any atom is 0.374 e. The fraction of sp³-hybridized carbons (Fsp3) is 0.524. The number of allylic oxidation sites excluding steroid dienone is 2. The molecule has 28 heavy (non-hydrogen) atoms. The Kier molecular flexibility index (Phi) is 6.27. The SMILES string of the molecule is C=C[C@]1(C)C[C@@H](OC(=O)/C(=C/C)OC(C)=O)[C@H]2C(=C)C(=O)O[C@@H]2C[C@@H](C)C1=O. The summed E-state index contributed by atoms with van der Waals surface area (Å²) in [5.41, 5.74) is -0.760. The number of ketones is 1. The highest BCUT2D eigenvalue weighted by Gasteiger charge is 2.51. The number of ether oxygens (including phenoxy) is 3. The predicted octanol–water partition coefficient (Wildman–Crippen LogP) is 2.65. The number of carbonyl (C=O) groups excluding carboxylic acids is 4. The highest BCUT2D eigenvalue weighted by molar-refractivity contribution is 5.93. The molecule has 1 saturated carbocycles. The highest BCUT2D eigenvalue weighted by Crippen LogP contribution is 2.44. The van der Waals surface area contributed by atoms with E-state index in [0.717, 1.165) is 0 Å². The minimum Gasteiger partial charge on any atom is -0.458 e.